The van der Waals surface area contributed by atoms with Gasteiger partial charge in [-0.25, -0.2) is 4.79 Å². The molecule has 0 aromatic heterocycles. The fraction of sp³-hybridized carbons (Fsp3) is 0.219. The molecule has 1 heterocycles. The average molecular weight is 539 g/mol. The summed E-state index contributed by atoms with van der Waals surface area (Å²) in [4.78, 5) is 39.0. The van der Waals surface area contributed by atoms with Crippen molar-refractivity contribution in [3.63, 3.8) is 0 Å². The van der Waals surface area contributed by atoms with Crippen LogP contribution in [-0.2, 0) is 20.9 Å². The zero-order valence-electron chi connectivity index (χ0n) is 22.3. The number of esters is 1. The summed E-state index contributed by atoms with van der Waals surface area (Å²) in [5, 5.41) is 13.6. The minimum Gasteiger partial charge on any atom is -0.508 e. The molecule has 1 aliphatic heterocycles. The van der Waals surface area contributed by atoms with Crippen LogP contribution in [0, 0.1) is 0 Å². The Labute approximate surface area is 232 Å². The Morgan fingerprint density at radius 3 is 2.55 bits per heavy atom. The topological polar surface area (TPSA) is 128 Å². The number of para-hydroxylation sites is 1. The largest absolute Gasteiger partial charge is 0.508 e. The Morgan fingerprint density at radius 2 is 1.80 bits per heavy atom. The van der Waals surface area contributed by atoms with Gasteiger partial charge in [0.25, 0.3) is 0 Å². The van der Waals surface area contributed by atoms with E-state index in [4.69, 9.17) is 15.2 Å². The van der Waals surface area contributed by atoms with Gasteiger partial charge in [-0.05, 0) is 60.4 Å². The van der Waals surface area contributed by atoms with E-state index in [0.717, 1.165) is 17.0 Å². The van der Waals surface area contributed by atoms with Gasteiger partial charge in [-0.1, -0.05) is 42.5 Å². The van der Waals surface area contributed by atoms with Crippen LogP contribution in [0.4, 0.5) is 0 Å². The monoisotopic (exact) mass is 538 g/mol. The molecule has 0 fully saturated rings. The molecule has 8 heteroatoms. The molecule has 2 unspecified atom stereocenters. The van der Waals surface area contributed by atoms with Crippen LogP contribution in [0.2, 0.25) is 0 Å². The third-order valence-corrected chi connectivity index (χ3v) is 7.41. The Morgan fingerprint density at radius 1 is 1.02 bits per heavy atom. The number of allylic oxidation sites excluding steroid dienone is 3. The molecular formula is C32H30N2O6. The number of hydrogen-bond acceptors (Lipinski definition) is 7. The molecule has 0 spiro atoms. The molecule has 0 bridgehead atoms. The quantitative estimate of drug-likeness (QED) is 0.375. The number of rotatable bonds is 7. The summed E-state index contributed by atoms with van der Waals surface area (Å²) in [7, 11) is 1.61. The summed E-state index contributed by atoms with van der Waals surface area (Å²) in [6.45, 7) is 1.69. The van der Waals surface area contributed by atoms with E-state index in [0.29, 0.717) is 40.0 Å². The number of nitrogens with two attached hydrogens (primary N) is 1. The van der Waals surface area contributed by atoms with Crippen molar-refractivity contribution in [2.75, 3.05) is 7.11 Å². The smallest absolute Gasteiger partial charge is 0.337 e. The second-order valence-electron chi connectivity index (χ2n) is 9.99. The number of aromatic hydroxyl groups is 1. The number of nitrogens with one attached hydrogen (secondary N) is 1. The number of hydrogen-bond donors (Lipinski definition) is 3. The highest BCUT2D eigenvalue weighted by molar-refractivity contribution is 6.04. The van der Waals surface area contributed by atoms with E-state index < -0.39 is 17.8 Å². The van der Waals surface area contributed by atoms with E-state index in [1.54, 1.807) is 62.6 Å². The highest BCUT2D eigenvalue weighted by Crippen LogP contribution is 2.47. The molecule has 2 aliphatic rings. The summed E-state index contributed by atoms with van der Waals surface area (Å²) in [5.74, 6) is -1.34. The molecule has 4 N–H and O–H groups in total. The predicted molar refractivity (Wildman–Crippen MR) is 148 cm³/mol. The molecule has 40 heavy (non-hydrogen) atoms. The van der Waals surface area contributed by atoms with Gasteiger partial charge in [0, 0.05) is 40.8 Å². The second kappa shape index (κ2) is 11.1. The predicted octanol–water partition coefficient (Wildman–Crippen LogP) is 4.60. The molecule has 3 aromatic carbocycles. The molecule has 5 rings (SSSR count). The molecule has 1 amide bonds. The number of carbonyl (C=O) groups excluding carboxylic acids is 3. The van der Waals surface area contributed by atoms with Gasteiger partial charge in [-0.2, -0.15) is 0 Å². The number of dihydropyridines is 1. The van der Waals surface area contributed by atoms with E-state index in [1.807, 2.05) is 24.3 Å². The fourth-order valence-corrected chi connectivity index (χ4v) is 5.61. The van der Waals surface area contributed by atoms with Gasteiger partial charge in [0.1, 0.15) is 18.1 Å². The van der Waals surface area contributed by atoms with E-state index in [9.17, 15) is 19.5 Å². The van der Waals surface area contributed by atoms with E-state index in [-0.39, 0.29) is 30.5 Å². The number of benzene rings is 3. The first-order valence-corrected chi connectivity index (χ1v) is 13.0. The van der Waals surface area contributed by atoms with Crippen molar-refractivity contribution in [2.24, 2.45) is 5.73 Å². The zero-order chi connectivity index (χ0) is 28.4. The maximum absolute atomic E-state index is 13.8. The van der Waals surface area contributed by atoms with Crippen molar-refractivity contribution in [3.05, 3.63) is 118 Å². The van der Waals surface area contributed by atoms with Crippen molar-refractivity contribution in [1.82, 2.24) is 5.32 Å². The van der Waals surface area contributed by atoms with Gasteiger partial charge in [-0.15, -0.1) is 0 Å². The zero-order valence-corrected chi connectivity index (χ0v) is 22.3. The Kier molecular flexibility index (Phi) is 7.42. The van der Waals surface area contributed by atoms with Gasteiger partial charge in [0.2, 0.25) is 5.91 Å². The van der Waals surface area contributed by atoms with E-state index >= 15 is 0 Å². The van der Waals surface area contributed by atoms with Crippen LogP contribution < -0.4 is 15.8 Å². The molecule has 1 aliphatic carbocycles. The van der Waals surface area contributed by atoms with Crippen LogP contribution in [0.25, 0.3) is 0 Å². The minimum atomic E-state index is -0.723. The minimum absolute atomic E-state index is 0.0296. The molecule has 8 nitrogen and oxygen atoms in total. The highest BCUT2D eigenvalue weighted by atomic mass is 16.5. The first-order valence-electron chi connectivity index (χ1n) is 13.0. The normalized spacial score (nSPS) is 18.6. The number of Topliss-reactive ketones (excluding diaryl/α,β-unsaturated/α-hetero) is 1. The number of ketones is 1. The SMILES string of the molecule is COc1ccccc1C1CC(=O)C2=C(C1)NC(C)=C(C(=O)OCc1cccc(C(N)=O)c1)C2c1cccc(O)c1. The van der Waals surface area contributed by atoms with E-state index in [1.165, 1.54) is 0 Å². The molecule has 3 aromatic rings. The van der Waals surface area contributed by atoms with Crippen molar-refractivity contribution in [1.29, 1.82) is 0 Å². The molecule has 0 saturated heterocycles. The fourth-order valence-electron chi connectivity index (χ4n) is 5.61. The molecular weight excluding hydrogens is 508 g/mol. The number of phenolic OH excluding ortho intramolecular Hbond substituents is 1. The summed E-state index contributed by atoms with van der Waals surface area (Å²) in [5.41, 5.74) is 9.95. The lowest BCUT2D eigenvalue weighted by Gasteiger charge is -2.37. The molecule has 204 valence electrons. The number of ether oxygens (including phenoxy) is 2. The van der Waals surface area contributed by atoms with Crippen LogP contribution in [0.5, 0.6) is 11.5 Å². The molecule has 0 radical (unpaired) electrons. The third-order valence-electron chi connectivity index (χ3n) is 7.41. The van der Waals surface area contributed by atoms with Gasteiger partial charge >= 0.3 is 5.97 Å². The van der Waals surface area contributed by atoms with Crippen LogP contribution >= 0.6 is 0 Å². The maximum Gasteiger partial charge on any atom is 0.337 e. The first-order chi connectivity index (χ1) is 19.3. The van der Waals surface area contributed by atoms with E-state index in [2.05, 4.69) is 5.32 Å². The summed E-state index contributed by atoms with van der Waals surface area (Å²) in [6.07, 6.45) is 0.799. The lowest BCUT2D eigenvalue weighted by atomic mass is 9.71. The highest BCUT2D eigenvalue weighted by Gasteiger charge is 2.42. The van der Waals surface area contributed by atoms with Crippen LogP contribution in [0.15, 0.2) is 95.3 Å². The number of primary amides is 1. The van der Waals surface area contributed by atoms with Crippen molar-refractivity contribution in [2.45, 2.75) is 38.2 Å². The van der Waals surface area contributed by atoms with Crippen molar-refractivity contribution in [3.8, 4) is 11.5 Å². The van der Waals surface area contributed by atoms with Crippen LogP contribution in [0.3, 0.4) is 0 Å². The van der Waals surface area contributed by atoms with Crippen molar-refractivity contribution < 1.29 is 29.0 Å². The van der Waals surface area contributed by atoms with Crippen molar-refractivity contribution >= 4 is 17.7 Å². The third kappa shape index (κ3) is 5.20. The van der Waals surface area contributed by atoms with Crippen LogP contribution in [-0.4, -0.2) is 29.9 Å². The summed E-state index contributed by atoms with van der Waals surface area (Å²) < 4.78 is 11.2. The Balaban J connectivity index is 1.50. The first kappa shape index (κ1) is 26.7. The maximum atomic E-state index is 13.8. The van der Waals surface area contributed by atoms with Gasteiger partial charge in [0.15, 0.2) is 5.78 Å². The number of carbonyl (C=O) groups is 3. The lowest BCUT2D eigenvalue weighted by Crippen LogP contribution is -2.36. The number of methoxy groups -OCH3 is 1. The van der Waals surface area contributed by atoms with Gasteiger partial charge in [-0.3, -0.25) is 9.59 Å². The Bertz CT molecular complexity index is 1570. The summed E-state index contributed by atoms with van der Waals surface area (Å²) in [6, 6.07) is 20.8. The standard InChI is InChI=1S/C32H30N2O6/c1-18-28(32(38)40-17-19-7-5-9-21(13-19)31(33)37)29(20-8-6-10-23(35)14-20)30-25(34-18)15-22(16-26(30)36)24-11-3-4-12-27(24)39-2/h3-14,22,29,34-35H,15-17H2,1-2H3,(H2,33,37). The van der Waals surface area contributed by atoms with Gasteiger partial charge < -0.3 is 25.6 Å². The number of amides is 1. The summed E-state index contributed by atoms with van der Waals surface area (Å²) >= 11 is 0. The Hall–Kier alpha value is -4.85. The lowest BCUT2D eigenvalue weighted by molar-refractivity contribution is -0.140. The molecule has 0 saturated carbocycles. The second-order valence-corrected chi connectivity index (χ2v) is 9.99. The average Bonchev–Trinajstić information content (AvgIpc) is 2.95. The van der Waals surface area contributed by atoms with Gasteiger partial charge in [0.05, 0.1) is 12.7 Å². The molecule has 2 atom stereocenters. The van der Waals surface area contributed by atoms with Crippen LogP contribution in [0.1, 0.15) is 58.6 Å². The number of phenols is 1.